The van der Waals surface area contributed by atoms with Crippen molar-refractivity contribution in [3.05, 3.63) is 34.3 Å². The van der Waals surface area contributed by atoms with Crippen LogP contribution in [0, 0.1) is 0 Å². The molecule has 0 aliphatic rings. The summed E-state index contributed by atoms with van der Waals surface area (Å²) in [6.45, 7) is 8.38. The molecule has 1 aromatic heterocycles. The Morgan fingerprint density at radius 3 is 2.45 bits per heavy atom. The standard InChI is InChI=1S/C15H21N3O2S2/c1-5-22(19,20)12-9-7-6-8-11(12)16-10-13-17-18-14(21-13)15(2,3)4/h6-9,16H,5,10H2,1-4H3. The SMILES string of the molecule is CCS(=O)(=O)c1ccccc1NCc1nnc(C(C)(C)C)s1. The summed E-state index contributed by atoms with van der Waals surface area (Å²) in [5.41, 5.74) is 0.580. The number of nitrogens with zero attached hydrogens (tertiary/aromatic N) is 2. The van der Waals surface area contributed by atoms with E-state index in [0.29, 0.717) is 17.1 Å². The Kier molecular flexibility index (Phi) is 4.87. The third kappa shape index (κ3) is 3.84. The highest BCUT2D eigenvalue weighted by Crippen LogP contribution is 2.27. The van der Waals surface area contributed by atoms with Gasteiger partial charge in [0.15, 0.2) is 9.84 Å². The molecule has 0 aliphatic carbocycles. The lowest BCUT2D eigenvalue weighted by atomic mass is 9.98. The highest BCUT2D eigenvalue weighted by molar-refractivity contribution is 7.91. The van der Waals surface area contributed by atoms with Crippen molar-refractivity contribution >= 4 is 26.9 Å². The monoisotopic (exact) mass is 339 g/mol. The van der Waals surface area contributed by atoms with Crippen molar-refractivity contribution in [2.75, 3.05) is 11.1 Å². The molecule has 0 unspecified atom stereocenters. The third-order valence-electron chi connectivity index (χ3n) is 3.14. The van der Waals surface area contributed by atoms with E-state index >= 15 is 0 Å². The lowest BCUT2D eigenvalue weighted by Crippen LogP contribution is -2.10. The van der Waals surface area contributed by atoms with Crippen LogP contribution in [0.15, 0.2) is 29.2 Å². The lowest BCUT2D eigenvalue weighted by molar-refractivity contribution is 0.577. The van der Waals surface area contributed by atoms with Crippen LogP contribution >= 0.6 is 11.3 Å². The summed E-state index contributed by atoms with van der Waals surface area (Å²) in [5.74, 6) is 0.0820. The molecule has 0 atom stereocenters. The van der Waals surface area contributed by atoms with Gasteiger partial charge in [-0.25, -0.2) is 8.42 Å². The normalized spacial score (nSPS) is 12.4. The zero-order valence-corrected chi connectivity index (χ0v) is 14.9. The first-order chi connectivity index (χ1) is 10.2. The van der Waals surface area contributed by atoms with Crippen LogP contribution in [-0.2, 0) is 21.8 Å². The van der Waals surface area contributed by atoms with Gasteiger partial charge in [-0.15, -0.1) is 10.2 Å². The molecule has 7 heteroatoms. The van der Waals surface area contributed by atoms with Crippen LogP contribution in [0.3, 0.4) is 0 Å². The number of nitrogens with one attached hydrogen (secondary N) is 1. The summed E-state index contributed by atoms with van der Waals surface area (Å²) in [6.07, 6.45) is 0. The fourth-order valence-corrected chi connectivity index (χ4v) is 3.75. The van der Waals surface area contributed by atoms with Gasteiger partial charge in [-0.1, -0.05) is 51.2 Å². The van der Waals surface area contributed by atoms with Gasteiger partial charge in [-0.3, -0.25) is 0 Å². The molecule has 0 fully saturated rings. The highest BCUT2D eigenvalue weighted by Gasteiger charge is 2.20. The fourth-order valence-electron chi connectivity index (χ4n) is 1.84. The van der Waals surface area contributed by atoms with E-state index in [1.54, 1.807) is 36.5 Å². The van der Waals surface area contributed by atoms with Crippen LogP contribution in [0.25, 0.3) is 0 Å². The predicted octanol–water partition coefficient (Wildman–Crippen LogP) is 3.24. The van der Waals surface area contributed by atoms with Crippen LogP contribution in [0.1, 0.15) is 37.7 Å². The second-order valence-electron chi connectivity index (χ2n) is 6.00. The Balaban J connectivity index is 2.18. The van der Waals surface area contributed by atoms with E-state index in [1.165, 1.54) is 0 Å². The van der Waals surface area contributed by atoms with Crippen molar-refractivity contribution in [3.8, 4) is 0 Å². The van der Waals surface area contributed by atoms with Crippen molar-refractivity contribution in [1.29, 1.82) is 0 Å². The first kappa shape index (κ1) is 16.9. The van der Waals surface area contributed by atoms with Crippen molar-refractivity contribution in [1.82, 2.24) is 10.2 Å². The Labute approximate surface area is 135 Å². The molecule has 2 aromatic rings. The minimum absolute atomic E-state index is 0.0284. The zero-order chi connectivity index (χ0) is 16.4. The third-order valence-corrected chi connectivity index (χ3v) is 6.28. The quantitative estimate of drug-likeness (QED) is 0.905. The number of rotatable bonds is 5. The van der Waals surface area contributed by atoms with E-state index in [-0.39, 0.29) is 11.2 Å². The Morgan fingerprint density at radius 1 is 1.18 bits per heavy atom. The van der Waals surface area contributed by atoms with Crippen molar-refractivity contribution in [2.24, 2.45) is 0 Å². The number of aromatic nitrogens is 2. The molecule has 0 amide bonds. The van der Waals surface area contributed by atoms with E-state index in [4.69, 9.17) is 0 Å². The first-order valence-electron chi connectivity index (χ1n) is 7.12. The van der Waals surface area contributed by atoms with Crippen molar-refractivity contribution < 1.29 is 8.42 Å². The van der Waals surface area contributed by atoms with Crippen LogP contribution < -0.4 is 5.32 Å². The molecule has 0 saturated heterocycles. The van der Waals surface area contributed by atoms with Crippen LogP contribution in [0.4, 0.5) is 5.69 Å². The smallest absolute Gasteiger partial charge is 0.180 e. The maximum absolute atomic E-state index is 12.1. The first-order valence-corrected chi connectivity index (χ1v) is 9.59. The molecule has 0 bridgehead atoms. The number of para-hydroxylation sites is 1. The molecule has 1 aromatic carbocycles. The molecule has 2 rings (SSSR count). The second-order valence-corrected chi connectivity index (χ2v) is 9.31. The average molecular weight is 339 g/mol. The topological polar surface area (TPSA) is 72.0 Å². The molecule has 22 heavy (non-hydrogen) atoms. The molecule has 5 nitrogen and oxygen atoms in total. The number of hydrogen-bond acceptors (Lipinski definition) is 6. The second kappa shape index (κ2) is 6.34. The highest BCUT2D eigenvalue weighted by atomic mass is 32.2. The van der Waals surface area contributed by atoms with Gasteiger partial charge < -0.3 is 5.32 Å². The zero-order valence-electron chi connectivity index (χ0n) is 13.3. The molecule has 0 saturated carbocycles. The number of benzene rings is 1. The molecule has 1 N–H and O–H groups in total. The van der Waals surface area contributed by atoms with Gasteiger partial charge in [-0.2, -0.15) is 0 Å². The molecule has 120 valence electrons. The van der Waals surface area contributed by atoms with Gasteiger partial charge in [0, 0.05) is 5.41 Å². The molecule has 0 spiro atoms. The van der Waals surface area contributed by atoms with Crippen LogP contribution in [0.2, 0.25) is 0 Å². The van der Waals surface area contributed by atoms with E-state index in [9.17, 15) is 8.42 Å². The summed E-state index contributed by atoms with van der Waals surface area (Å²) in [6, 6.07) is 6.95. The molecule has 0 radical (unpaired) electrons. The van der Waals surface area contributed by atoms with E-state index in [2.05, 4.69) is 36.3 Å². The average Bonchev–Trinajstić information content (AvgIpc) is 2.94. The van der Waals surface area contributed by atoms with E-state index in [0.717, 1.165) is 10.0 Å². The molecular formula is C15H21N3O2S2. The lowest BCUT2D eigenvalue weighted by Gasteiger charge is -2.12. The predicted molar refractivity (Wildman–Crippen MR) is 90.1 cm³/mol. The van der Waals surface area contributed by atoms with Gasteiger partial charge in [-0.05, 0) is 12.1 Å². The Morgan fingerprint density at radius 2 is 1.86 bits per heavy atom. The summed E-state index contributed by atoms with van der Waals surface area (Å²) < 4.78 is 24.2. The van der Waals surface area contributed by atoms with Gasteiger partial charge in [0.25, 0.3) is 0 Å². The number of hydrogen-bond donors (Lipinski definition) is 1. The maximum atomic E-state index is 12.1. The van der Waals surface area contributed by atoms with Gasteiger partial charge in [0.05, 0.1) is 22.9 Å². The number of sulfone groups is 1. The van der Waals surface area contributed by atoms with Crippen LogP contribution in [0.5, 0.6) is 0 Å². The van der Waals surface area contributed by atoms with Gasteiger partial charge >= 0.3 is 0 Å². The minimum Gasteiger partial charge on any atom is -0.377 e. The van der Waals surface area contributed by atoms with Crippen molar-refractivity contribution in [2.45, 2.75) is 44.6 Å². The van der Waals surface area contributed by atoms with Crippen LogP contribution in [-0.4, -0.2) is 24.4 Å². The summed E-state index contributed by atoms with van der Waals surface area (Å²) >= 11 is 1.54. The fraction of sp³-hybridized carbons (Fsp3) is 0.467. The Bertz CT molecular complexity index is 746. The van der Waals surface area contributed by atoms with Crippen molar-refractivity contribution in [3.63, 3.8) is 0 Å². The minimum atomic E-state index is -3.25. The largest absolute Gasteiger partial charge is 0.377 e. The molecule has 0 aliphatic heterocycles. The van der Waals surface area contributed by atoms with E-state index < -0.39 is 9.84 Å². The van der Waals surface area contributed by atoms with Gasteiger partial charge in [0.1, 0.15) is 10.0 Å². The van der Waals surface area contributed by atoms with E-state index in [1.807, 2.05) is 6.07 Å². The summed E-state index contributed by atoms with van der Waals surface area (Å²) in [4.78, 5) is 0.332. The maximum Gasteiger partial charge on any atom is 0.180 e. The molecule has 1 heterocycles. The van der Waals surface area contributed by atoms with Gasteiger partial charge in [0.2, 0.25) is 0 Å². The summed E-state index contributed by atoms with van der Waals surface area (Å²) in [7, 11) is -3.25. The Hall–Kier alpha value is -1.47. The molecular weight excluding hydrogens is 318 g/mol. The summed E-state index contributed by atoms with van der Waals surface area (Å²) in [5, 5.41) is 13.3. The number of anilines is 1.